The summed E-state index contributed by atoms with van der Waals surface area (Å²) in [6.45, 7) is 0.488. The Kier molecular flexibility index (Phi) is 4.55. The second-order valence-electron chi connectivity index (χ2n) is 5.84. The van der Waals surface area contributed by atoms with Gasteiger partial charge in [-0.2, -0.15) is 4.31 Å². The van der Waals surface area contributed by atoms with E-state index in [2.05, 4.69) is 15.2 Å². The van der Waals surface area contributed by atoms with Gasteiger partial charge in [0.25, 0.3) is 10.0 Å². The first-order valence-electron chi connectivity index (χ1n) is 7.10. The van der Waals surface area contributed by atoms with Crippen LogP contribution in [0.1, 0.15) is 19.3 Å². The average molecular weight is 312 g/mol. The summed E-state index contributed by atoms with van der Waals surface area (Å²) in [5, 5.41) is 2.98. The molecule has 21 heavy (non-hydrogen) atoms. The van der Waals surface area contributed by atoms with Crippen molar-refractivity contribution >= 4 is 15.7 Å². The Balaban J connectivity index is 2.27. The van der Waals surface area contributed by atoms with Gasteiger partial charge in [-0.15, -0.1) is 0 Å². The number of anilines is 1. The van der Waals surface area contributed by atoms with Crippen molar-refractivity contribution in [3.8, 4) is 0 Å². The van der Waals surface area contributed by atoms with E-state index in [4.69, 9.17) is 0 Å². The molecule has 1 aliphatic carbocycles. The highest BCUT2D eigenvalue weighted by atomic mass is 32.2. The van der Waals surface area contributed by atoms with Gasteiger partial charge >= 0.3 is 0 Å². The van der Waals surface area contributed by atoms with Crippen LogP contribution in [0.25, 0.3) is 0 Å². The smallest absolute Gasteiger partial charge is 0.262 e. The van der Waals surface area contributed by atoms with E-state index in [-0.39, 0.29) is 10.6 Å². The lowest BCUT2D eigenvalue weighted by Gasteiger charge is -2.48. The molecular weight excluding hydrogens is 288 g/mol. The number of nitrogens with one attached hydrogen (secondary N) is 1. The van der Waals surface area contributed by atoms with E-state index in [0.717, 1.165) is 19.3 Å². The fourth-order valence-corrected chi connectivity index (χ4v) is 4.11. The van der Waals surface area contributed by atoms with Crippen molar-refractivity contribution in [3.63, 3.8) is 0 Å². The lowest BCUT2D eigenvalue weighted by atomic mass is 9.75. The molecule has 1 N–H and O–H groups in total. The third-order valence-electron chi connectivity index (χ3n) is 4.45. The minimum absolute atomic E-state index is 0.0452. The summed E-state index contributed by atoms with van der Waals surface area (Å²) in [7, 11) is 3.76. The molecule has 118 valence electrons. The van der Waals surface area contributed by atoms with Crippen molar-refractivity contribution in [3.05, 3.63) is 18.3 Å². The molecule has 0 aliphatic heterocycles. The molecule has 1 saturated carbocycles. The van der Waals surface area contributed by atoms with E-state index in [1.54, 1.807) is 26.2 Å². The van der Waals surface area contributed by atoms with Gasteiger partial charge in [-0.3, -0.25) is 0 Å². The highest BCUT2D eigenvalue weighted by Gasteiger charge is 2.42. The Labute approximate surface area is 127 Å². The first-order chi connectivity index (χ1) is 9.83. The summed E-state index contributed by atoms with van der Waals surface area (Å²) >= 11 is 0. The number of hydrogen-bond acceptors (Lipinski definition) is 5. The second kappa shape index (κ2) is 5.90. The number of sulfonamides is 1. The standard InChI is InChI=1S/C14H24N4O2S/c1-15-12-7-5-10-16-13(12)21(19,20)18(4)11-14(17(2)3)8-6-9-14/h5,7,10,15H,6,8-9,11H2,1-4H3. The van der Waals surface area contributed by atoms with Crippen molar-refractivity contribution in [2.45, 2.75) is 29.8 Å². The summed E-state index contributed by atoms with van der Waals surface area (Å²) < 4.78 is 26.9. The monoisotopic (exact) mass is 312 g/mol. The lowest BCUT2D eigenvalue weighted by molar-refractivity contribution is 0.0455. The Hall–Kier alpha value is -1.18. The molecule has 1 aromatic heterocycles. The summed E-state index contributed by atoms with van der Waals surface area (Å²) in [4.78, 5) is 6.19. The topological polar surface area (TPSA) is 65.5 Å². The second-order valence-corrected chi connectivity index (χ2v) is 7.80. The molecule has 0 aromatic carbocycles. The van der Waals surface area contributed by atoms with Crippen molar-refractivity contribution in [1.82, 2.24) is 14.2 Å². The predicted molar refractivity (Wildman–Crippen MR) is 83.9 cm³/mol. The van der Waals surface area contributed by atoms with Crippen LogP contribution in [0, 0.1) is 0 Å². The SMILES string of the molecule is CNc1cccnc1S(=O)(=O)N(C)CC1(N(C)C)CCC1. The van der Waals surface area contributed by atoms with E-state index < -0.39 is 10.0 Å². The molecule has 0 saturated heterocycles. The zero-order valence-electron chi connectivity index (χ0n) is 13.1. The normalized spacial score (nSPS) is 17.8. The molecule has 1 fully saturated rings. The van der Waals surface area contributed by atoms with E-state index >= 15 is 0 Å². The molecule has 0 amide bonds. The summed E-state index contributed by atoms with van der Waals surface area (Å²) in [6, 6.07) is 3.44. The number of pyridine rings is 1. The van der Waals surface area contributed by atoms with Crippen LogP contribution in [0.3, 0.4) is 0 Å². The Bertz CT molecular complexity index is 597. The van der Waals surface area contributed by atoms with Crippen molar-refractivity contribution < 1.29 is 8.42 Å². The first kappa shape index (κ1) is 16.2. The summed E-state index contributed by atoms with van der Waals surface area (Å²) in [5.41, 5.74) is 0.480. The zero-order chi connectivity index (χ0) is 15.7. The van der Waals surface area contributed by atoms with Gasteiger partial charge in [-0.25, -0.2) is 13.4 Å². The number of rotatable bonds is 6. The van der Waals surface area contributed by atoms with Crippen LogP contribution in [0.4, 0.5) is 5.69 Å². The number of aromatic nitrogens is 1. The van der Waals surface area contributed by atoms with E-state index in [1.807, 2.05) is 14.1 Å². The van der Waals surface area contributed by atoms with Gasteiger partial charge in [0, 0.05) is 32.4 Å². The fourth-order valence-electron chi connectivity index (χ4n) is 2.77. The maximum absolute atomic E-state index is 12.8. The molecule has 0 atom stereocenters. The maximum Gasteiger partial charge on any atom is 0.262 e. The fraction of sp³-hybridized carbons (Fsp3) is 0.643. The lowest BCUT2D eigenvalue weighted by Crippen LogP contribution is -2.57. The van der Waals surface area contributed by atoms with Gasteiger partial charge in [-0.05, 0) is 45.5 Å². The molecule has 1 aliphatic rings. The molecule has 1 heterocycles. The predicted octanol–water partition coefficient (Wildman–Crippen LogP) is 1.23. The number of likely N-dealkylation sites (N-methyl/N-ethyl adjacent to an activating group) is 2. The van der Waals surface area contributed by atoms with E-state index in [0.29, 0.717) is 12.2 Å². The zero-order valence-corrected chi connectivity index (χ0v) is 13.9. The van der Waals surface area contributed by atoms with Crippen molar-refractivity contribution in [2.24, 2.45) is 0 Å². The molecule has 0 unspecified atom stereocenters. The van der Waals surface area contributed by atoms with Crippen molar-refractivity contribution in [1.29, 1.82) is 0 Å². The molecular formula is C14H24N4O2S. The van der Waals surface area contributed by atoms with Crippen molar-refractivity contribution in [2.75, 3.05) is 40.1 Å². The van der Waals surface area contributed by atoms with Gasteiger partial charge < -0.3 is 10.2 Å². The number of nitrogens with zero attached hydrogens (tertiary/aromatic N) is 3. The minimum Gasteiger partial charge on any atom is -0.386 e. The number of hydrogen-bond donors (Lipinski definition) is 1. The average Bonchev–Trinajstić information content (AvgIpc) is 2.41. The van der Waals surface area contributed by atoms with Crippen LogP contribution in [0.15, 0.2) is 23.4 Å². The third kappa shape index (κ3) is 2.90. The molecule has 6 nitrogen and oxygen atoms in total. The Morgan fingerprint density at radius 1 is 1.33 bits per heavy atom. The molecule has 0 radical (unpaired) electrons. The van der Waals surface area contributed by atoms with E-state index in [9.17, 15) is 8.42 Å². The third-order valence-corrected chi connectivity index (χ3v) is 6.21. The highest BCUT2D eigenvalue weighted by Crippen LogP contribution is 2.37. The Morgan fingerprint density at radius 2 is 2.00 bits per heavy atom. The van der Waals surface area contributed by atoms with Crippen LogP contribution in [-0.2, 0) is 10.0 Å². The first-order valence-corrected chi connectivity index (χ1v) is 8.54. The quantitative estimate of drug-likeness (QED) is 0.856. The molecule has 0 bridgehead atoms. The van der Waals surface area contributed by atoms with Crippen LogP contribution in [0.2, 0.25) is 0 Å². The van der Waals surface area contributed by atoms with Gasteiger partial charge in [0.15, 0.2) is 5.03 Å². The van der Waals surface area contributed by atoms with Gasteiger partial charge in [-0.1, -0.05) is 0 Å². The van der Waals surface area contributed by atoms with Gasteiger partial charge in [0.2, 0.25) is 0 Å². The van der Waals surface area contributed by atoms with Gasteiger partial charge in [0.05, 0.1) is 5.69 Å². The highest BCUT2D eigenvalue weighted by molar-refractivity contribution is 7.89. The van der Waals surface area contributed by atoms with Crippen LogP contribution < -0.4 is 5.32 Å². The van der Waals surface area contributed by atoms with Crippen LogP contribution >= 0.6 is 0 Å². The van der Waals surface area contributed by atoms with Crippen LogP contribution in [-0.4, -0.2) is 62.9 Å². The molecule has 0 spiro atoms. The maximum atomic E-state index is 12.8. The molecule has 7 heteroatoms. The molecule has 1 aromatic rings. The Morgan fingerprint density at radius 3 is 2.48 bits per heavy atom. The van der Waals surface area contributed by atoms with Gasteiger partial charge in [0.1, 0.15) is 0 Å². The van der Waals surface area contributed by atoms with Crippen LogP contribution in [0.5, 0.6) is 0 Å². The summed E-state index contributed by atoms with van der Waals surface area (Å²) in [5.74, 6) is 0. The van der Waals surface area contributed by atoms with E-state index in [1.165, 1.54) is 10.5 Å². The largest absolute Gasteiger partial charge is 0.386 e. The molecule has 2 rings (SSSR count). The summed E-state index contributed by atoms with van der Waals surface area (Å²) in [6.07, 6.45) is 4.71. The minimum atomic E-state index is -3.59.